The van der Waals surface area contributed by atoms with Gasteiger partial charge in [-0.3, -0.25) is 4.98 Å². The topological polar surface area (TPSA) is 87.6 Å². The van der Waals surface area contributed by atoms with E-state index in [1.54, 1.807) is 12.4 Å². The molecule has 1 saturated heterocycles. The average Bonchev–Trinajstić information content (AvgIpc) is 2.79. The Morgan fingerprint density at radius 2 is 2.00 bits per heavy atom. The number of hydrogen-bond donors (Lipinski definition) is 2. The standard InChI is InChI=1S/C22H23ClFN7O/c1-15-8-16(23)10-19(9-15)29-18-3-2-17(25-11-18)12-27-28-14-21-26-13-20(24)22(30-21)31-4-6-32-7-5-31/h2-3,8-13,28-29H,4-7,14H2,1H3/b27-12+. The number of benzene rings is 1. The molecule has 0 bridgehead atoms. The summed E-state index contributed by atoms with van der Waals surface area (Å²) in [6, 6.07) is 9.51. The first-order valence-corrected chi connectivity index (χ1v) is 10.5. The van der Waals surface area contributed by atoms with E-state index in [0.717, 1.165) is 16.9 Å². The molecule has 1 fully saturated rings. The van der Waals surface area contributed by atoms with Gasteiger partial charge in [0.1, 0.15) is 0 Å². The van der Waals surface area contributed by atoms with Gasteiger partial charge in [0, 0.05) is 23.8 Å². The Labute approximate surface area is 190 Å². The van der Waals surface area contributed by atoms with E-state index in [2.05, 4.69) is 30.8 Å². The fraction of sp³-hybridized carbons (Fsp3) is 0.273. The van der Waals surface area contributed by atoms with E-state index >= 15 is 0 Å². The molecule has 2 aromatic heterocycles. The molecule has 0 aliphatic carbocycles. The maximum absolute atomic E-state index is 14.1. The highest BCUT2D eigenvalue weighted by Crippen LogP contribution is 2.22. The van der Waals surface area contributed by atoms with Gasteiger partial charge in [0.25, 0.3) is 0 Å². The normalized spacial score (nSPS) is 14.0. The number of pyridine rings is 1. The predicted octanol–water partition coefficient (Wildman–Crippen LogP) is 3.68. The first-order chi connectivity index (χ1) is 15.6. The van der Waals surface area contributed by atoms with Crippen LogP contribution in [-0.4, -0.2) is 47.5 Å². The van der Waals surface area contributed by atoms with Gasteiger partial charge in [0.2, 0.25) is 0 Å². The molecule has 1 aliphatic rings. The first-order valence-electron chi connectivity index (χ1n) is 10.2. The average molecular weight is 456 g/mol. The van der Waals surface area contributed by atoms with E-state index in [-0.39, 0.29) is 6.54 Å². The zero-order chi connectivity index (χ0) is 22.3. The van der Waals surface area contributed by atoms with Crippen molar-refractivity contribution < 1.29 is 9.13 Å². The van der Waals surface area contributed by atoms with E-state index < -0.39 is 5.82 Å². The molecule has 1 aromatic carbocycles. The van der Waals surface area contributed by atoms with Gasteiger partial charge in [-0.25, -0.2) is 14.4 Å². The Balaban J connectivity index is 1.31. The second-order valence-electron chi connectivity index (χ2n) is 7.26. The number of nitrogens with one attached hydrogen (secondary N) is 2. The molecule has 0 radical (unpaired) electrons. The number of nitrogens with zero attached hydrogens (tertiary/aromatic N) is 5. The molecular formula is C22H23ClFN7O. The number of morpholine rings is 1. The highest BCUT2D eigenvalue weighted by Gasteiger charge is 2.17. The highest BCUT2D eigenvalue weighted by atomic mass is 35.5. The molecule has 0 saturated carbocycles. The molecule has 166 valence electrons. The number of ether oxygens (including phenoxy) is 1. The van der Waals surface area contributed by atoms with Gasteiger partial charge in [0.15, 0.2) is 17.5 Å². The fourth-order valence-corrected chi connectivity index (χ4v) is 3.52. The van der Waals surface area contributed by atoms with Crippen molar-refractivity contribution in [1.29, 1.82) is 0 Å². The van der Waals surface area contributed by atoms with Crippen molar-refractivity contribution in [2.75, 3.05) is 36.5 Å². The summed E-state index contributed by atoms with van der Waals surface area (Å²) < 4.78 is 19.4. The molecule has 4 rings (SSSR count). The van der Waals surface area contributed by atoms with Gasteiger partial charge in [0.05, 0.1) is 49.7 Å². The summed E-state index contributed by atoms with van der Waals surface area (Å²) in [5.41, 5.74) is 6.37. The second kappa shape index (κ2) is 10.3. The minimum atomic E-state index is -0.440. The van der Waals surface area contributed by atoms with Crippen molar-refractivity contribution in [3.63, 3.8) is 0 Å². The van der Waals surface area contributed by atoms with Crippen LogP contribution in [0.2, 0.25) is 5.02 Å². The van der Waals surface area contributed by atoms with Crippen LogP contribution in [0, 0.1) is 12.7 Å². The third-order valence-electron chi connectivity index (χ3n) is 4.73. The summed E-state index contributed by atoms with van der Waals surface area (Å²) in [6.45, 7) is 4.58. The molecule has 3 heterocycles. The van der Waals surface area contributed by atoms with Crippen LogP contribution >= 0.6 is 11.6 Å². The van der Waals surface area contributed by atoms with Crippen molar-refractivity contribution in [2.24, 2.45) is 5.10 Å². The fourth-order valence-electron chi connectivity index (χ4n) is 3.23. The number of aryl methyl sites for hydroxylation is 1. The summed E-state index contributed by atoms with van der Waals surface area (Å²) in [5, 5.41) is 8.11. The van der Waals surface area contributed by atoms with E-state index in [9.17, 15) is 4.39 Å². The van der Waals surface area contributed by atoms with Crippen LogP contribution in [0.1, 0.15) is 17.1 Å². The molecule has 0 amide bonds. The minimum Gasteiger partial charge on any atom is -0.378 e. The number of anilines is 3. The maximum Gasteiger partial charge on any atom is 0.183 e. The van der Waals surface area contributed by atoms with Crippen LogP contribution < -0.4 is 15.6 Å². The summed E-state index contributed by atoms with van der Waals surface area (Å²) in [7, 11) is 0. The lowest BCUT2D eigenvalue weighted by Crippen LogP contribution is -2.37. The maximum atomic E-state index is 14.1. The molecule has 0 atom stereocenters. The van der Waals surface area contributed by atoms with Crippen LogP contribution in [0.4, 0.5) is 21.6 Å². The Morgan fingerprint density at radius 1 is 1.16 bits per heavy atom. The lowest BCUT2D eigenvalue weighted by Gasteiger charge is -2.28. The van der Waals surface area contributed by atoms with Crippen LogP contribution in [0.5, 0.6) is 0 Å². The van der Waals surface area contributed by atoms with Gasteiger partial charge in [-0.1, -0.05) is 11.6 Å². The van der Waals surface area contributed by atoms with E-state index in [0.29, 0.717) is 48.7 Å². The summed E-state index contributed by atoms with van der Waals surface area (Å²) >= 11 is 6.10. The number of hydrogen-bond acceptors (Lipinski definition) is 8. The first kappa shape index (κ1) is 21.9. The van der Waals surface area contributed by atoms with Gasteiger partial charge < -0.3 is 20.4 Å². The molecule has 2 N–H and O–H groups in total. The summed E-state index contributed by atoms with van der Waals surface area (Å²) in [4.78, 5) is 14.6. The third kappa shape index (κ3) is 5.89. The second-order valence-corrected chi connectivity index (χ2v) is 7.70. The van der Waals surface area contributed by atoms with Crippen molar-refractivity contribution in [1.82, 2.24) is 20.4 Å². The van der Waals surface area contributed by atoms with Crippen molar-refractivity contribution >= 4 is 35.0 Å². The highest BCUT2D eigenvalue weighted by molar-refractivity contribution is 6.30. The molecule has 1 aliphatic heterocycles. The number of rotatable bonds is 7. The van der Waals surface area contributed by atoms with Gasteiger partial charge >= 0.3 is 0 Å². The van der Waals surface area contributed by atoms with Gasteiger partial charge in [-0.2, -0.15) is 5.10 Å². The molecule has 0 unspecified atom stereocenters. The number of hydrazone groups is 1. The largest absolute Gasteiger partial charge is 0.378 e. The molecule has 0 spiro atoms. The monoisotopic (exact) mass is 455 g/mol. The number of halogens is 2. The molecule has 8 nitrogen and oxygen atoms in total. The van der Waals surface area contributed by atoms with Crippen molar-refractivity contribution in [3.05, 3.63) is 70.6 Å². The van der Waals surface area contributed by atoms with Crippen LogP contribution in [0.3, 0.4) is 0 Å². The minimum absolute atomic E-state index is 0.266. The Morgan fingerprint density at radius 3 is 2.75 bits per heavy atom. The van der Waals surface area contributed by atoms with Crippen LogP contribution in [0.25, 0.3) is 0 Å². The Kier molecular flexibility index (Phi) is 7.08. The summed E-state index contributed by atoms with van der Waals surface area (Å²) in [6.07, 6.45) is 4.50. The lowest BCUT2D eigenvalue weighted by molar-refractivity contribution is 0.122. The number of aromatic nitrogens is 3. The van der Waals surface area contributed by atoms with Gasteiger partial charge in [-0.05, 0) is 42.8 Å². The van der Waals surface area contributed by atoms with Crippen molar-refractivity contribution in [3.8, 4) is 0 Å². The Bertz CT molecular complexity index is 1070. The quantitative estimate of drug-likeness (QED) is 0.415. The van der Waals surface area contributed by atoms with E-state index in [1.807, 2.05) is 42.2 Å². The van der Waals surface area contributed by atoms with Crippen LogP contribution in [0.15, 0.2) is 47.8 Å². The third-order valence-corrected chi connectivity index (χ3v) is 4.95. The smallest absolute Gasteiger partial charge is 0.183 e. The Hall–Kier alpha value is -3.30. The summed E-state index contributed by atoms with van der Waals surface area (Å²) in [5.74, 6) is 0.308. The van der Waals surface area contributed by atoms with Crippen LogP contribution in [-0.2, 0) is 11.3 Å². The van der Waals surface area contributed by atoms with E-state index in [4.69, 9.17) is 16.3 Å². The molecule has 3 aromatic rings. The molecule has 10 heteroatoms. The van der Waals surface area contributed by atoms with E-state index in [1.165, 1.54) is 6.20 Å². The zero-order valence-corrected chi connectivity index (χ0v) is 18.3. The molecule has 32 heavy (non-hydrogen) atoms. The van der Waals surface area contributed by atoms with Gasteiger partial charge in [-0.15, -0.1) is 0 Å². The molecular weight excluding hydrogens is 433 g/mol. The van der Waals surface area contributed by atoms with Crippen molar-refractivity contribution in [2.45, 2.75) is 13.5 Å². The predicted molar refractivity (Wildman–Crippen MR) is 123 cm³/mol. The lowest BCUT2D eigenvalue weighted by atomic mass is 10.2. The zero-order valence-electron chi connectivity index (χ0n) is 17.6. The SMILES string of the molecule is Cc1cc(Cl)cc(Nc2ccc(/C=N/NCc3ncc(F)c(N4CCOCC4)n3)nc2)c1.